The molecule has 3 heterocycles. The van der Waals surface area contributed by atoms with Gasteiger partial charge in [-0.05, 0) is 55.0 Å². The fourth-order valence-electron chi connectivity index (χ4n) is 3.88. The van der Waals surface area contributed by atoms with Crippen LogP contribution in [0.25, 0.3) is 22.4 Å². The van der Waals surface area contributed by atoms with Gasteiger partial charge in [-0.15, -0.1) is 0 Å². The second kappa shape index (κ2) is 8.61. The van der Waals surface area contributed by atoms with Crippen molar-refractivity contribution in [3.63, 3.8) is 0 Å². The summed E-state index contributed by atoms with van der Waals surface area (Å²) in [6.45, 7) is 4.90. The van der Waals surface area contributed by atoms with Gasteiger partial charge in [0.05, 0.1) is 24.3 Å². The van der Waals surface area contributed by atoms with Crippen molar-refractivity contribution in [1.29, 1.82) is 0 Å². The van der Waals surface area contributed by atoms with Crippen LogP contribution in [-0.2, 0) is 4.74 Å². The fourth-order valence-corrected chi connectivity index (χ4v) is 4.11. The number of aromatic amines is 1. The van der Waals surface area contributed by atoms with E-state index in [4.69, 9.17) is 21.3 Å². The number of fused-ring (bicyclic) bond motifs is 1. The summed E-state index contributed by atoms with van der Waals surface area (Å²) in [5.41, 5.74) is 3.83. The number of morpholine rings is 1. The highest BCUT2D eigenvalue weighted by molar-refractivity contribution is 6.30. The molecule has 0 atom stereocenters. The van der Waals surface area contributed by atoms with Crippen LogP contribution in [0.2, 0.25) is 5.02 Å². The number of nitrogens with one attached hydrogen (secondary N) is 2. The maximum absolute atomic E-state index is 13.1. The number of hydrogen-bond donors (Lipinski definition) is 2. The van der Waals surface area contributed by atoms with Gasteiger partial charge in [0.2, 0.25) is 0 Å². The van der Waals surface area contributed by atoms with Crippen LogP contribution in [0.1, 0.15) is 15.9 Å². The minimum Gasteiger partial charge on any atom is -0.378 e. The quantitative estimate of drug-likeness (QED) is 0.474. The summed E-state index contributed by atoms with van der Waals surface area (Å²) in [4.78, 5) is 27.9. The monoisotopic (exact) mass is 447 g/mol. The van der Waals surface area contributed by atoms with Gasteiger partial charge >= 0.3 is 0 Å². The highest BCUT2D eigenvalue weighted by atomic mass is 35.5. The van der Waals surface area contributed by atoms with E-state index in [0.717, 1.165) is 35.6 Å². The van der Waals surface area contributed by atoms with Crippen molar-refractivity contribution in [2.45, 2.75) is 6.92 Å². The highest BCUT2D eigenvalue weighted by Crippen LogP contribution is 2.27. The Morgan fingerprint density at radius 1 is 1.09 bits per heavy atom. The number of amides is 1. The number of imidazole rings is 1. The van der Waals surface area contributed by atoms with Gasteiger partial charge in [0.1, 0.15) is 23.0 Å². The molecule has 4 aromatic rings. The zero-order valence-corrected chi connectivity index (χ0v) is 18.3. The fraction of sp³-hybridized carbons (Fsp3) is 0.208. The minimum atomic E-state index is -0.256. The zero-order chi connectivity index (χ0) is 22.1. The standard InChI is InChI=1S/C24H22ClN5O2/c1-15-14-16(25)8-9-17(15)23-26-19-5-2-4-18(22(19)29-23)24(31)28-20-6-3-7-21(27-20)30-10-12-32-13-11-30/h2-9,14H,10-13H2,1H3,(H,26,29)(H,27,28,31). The highest BCUT2D eigenvalue weighted by Gasteiger charge is 2.17. The van der Waals surface area contributed by atoms with Gasteiger partial charge in [0, 0.05) is 23.7 Å². The van der Waals surface area contributed by atoms with Crippen molar-refractivity contribution in [2.24, 2.45) is 0 Å². The summed E-state index contributed by atoms with van der Waals surface area (Å²) in [5.74, 6) is 1.76. The molecular formula is C24H22ClN5O2. The molecule has 2 aromatic carbocycles. The second-order valence-electron chi connectivity index (χ2n) is 7.68. The Morgan fingerprint density at radius 2 is 1.91 bits per heavy atom. The van der Waals surface area contributed by atoms with E-state index in [2.05, 4.69) is 20.2 Å². The summed E-state index contributed by atoms with van der Waals surface area (Å²) >= 11 is 6.09. The van der Waals surface area contributed by atoms with Gasteiger partial charge in [-0.3, -0.25) is 4.79 Å². The Kier molecular flexibility index (Phi) is 5.51. The molecule has 0 saturated carbocycles. The first-order valence-electron chi connectivity index (χ1n) is 10.4. The molecule has 1 aliphatic rings. The molecule has 0 unspecified atom stereocenters. The van der Waals surface area contributed by atoms with E-state index in [1.807, 2.05) is 49.4 Å². The average molecular weight is 448 g/mol. The van der Waals surface area contributed by atoms with E-state index < -0.39 is 0 Å². The molecule has 2 aromatic heterocycles. The van der Waals surface area contributed by atoms with E-state index in [0.29, 0.717) is 41.0 Å². The lowest BCUT2D eigenvalue weighted by atomic mass is 10.1. The number of anilines is 2. The number of halogens is 1. The third-order valence-electron chi connectivity index (χ3n) is 5.51. The number of pyridine rings is 1. The number of rotatable bonds is 4. The molecular weight excluding hydrogens is 426 g/mol. The molecule has 0 radical (unpaired) electrons. The number of ether oxygens (including phenoxy) is 1. The summed E-state index contributed by atoms with van der Waals surface area (Å²) < 4.78 is 5.41. The number of para-hydroxylation sites is 1. The Morgan fingerprint density at radius 3 is 2.72 bits per heavy atom. The molecule has 8 heteroatoms. The number of nitrogens with zero attached hydrogens (tertiary/aromatic N) is 3. The van der Waals surface area contributed by atoms with E-state index in [9.17, 15) is 4.79 Å². The van der Waals surface area contributed by atoms with Gasteiger partial charge in [-0.1, -0.05) is 23.7 Å². The summed E-state index contributed by atoms with van der Waals surface area (Å²) in [5, 5.41) is 3.59. The summed E-state index contributed by atoms with van der Waals surface area (Å²) in [6.07, 6.45) is 0. The van der Waals surface area contributed by atoms with Crippen LogP contribution in [-0.4, -0.2) is 47.2 Å². The van der Waals surface area contributed by atoms with Gasteiger partial charge in [-0.25, -0.2) is 9.97 Å². The molecule has 1 fully saturated rings. The molecule has 7 nitrogen and oxygen atoms in total. The molecule has 0 spiro atoms. The molecule has 2 N–H and O–H groups in total. The molecule has 1 amide bonds. The van der Waals surface area contributed by atoms with Crippen molar-refractivity contribution in [3.05, 3.63) is 70.7 Å². The Balaban J connectivity index is 1.43. The molecule has 32 heavy (non-hydrogen) atoms. The van der Waals surface area contributed by atoms with Crippen LogP contribution >= 0.6 is 11.6 Å². The number of hydrogen-bond acceptors (Lipinski definition) is 5. The maximum Gasteiger partial charge on any atom is 0.259 e. The van der Waals surface area contributed by atoms with E-state index in [1.54, 1.807) is 12.1 Å². The van der Waals surface area contributed by atoms with E-state index >= 15 is 0 Å². The number of carbonyl (C=O) groups is 1. The topological polar surface area (TPSA) is 83.1 Å². The number of benzene rings is 2. The average Bonchev–Trinajstić information content (AvgIpc) is 3.24. The predicted octanol–water partition coefficient (Wildman–Crippen LogP) is 4.68. The molecule has 0 aliphatic carbocycles. The van der Waals surface area contributed by atoms with Crippen LogP contribution in [0.5, 0.6) is 0 Å². The van der Waals surface area contributed by atoms with Gasteiger partial charge in [0.15, 0.2) is 0 Å². The van der Waals surface area contributed by atoms with Crippen LogP contribution in [0.4, 0.5) is 11.6 Å². The smallest absolute Gasteiger partial charge is 0.259 e. The van der Waals surface area contributed by atoms with Crippen molar-refractivity contribution < 1.29 is 9.53 Å². The first kappa shape index (κ1) is 20.5. The van der Waals surface area contributed by atoms with Gasteiger partial charge < -0.3 is 19.9 Å². The van der Waals surface area contributed by atoms with Crippen LogP contribution < -0.4 is 10.2 Å². The Hall–Kier alpha value is -3.42. The van der Waals surface area contributed by atoms with Crippen LogP contribution in [0.3, 0.4) is 0 Å². The Bertz CT molecular complexity index is 1300. The molecule has 0 bridgehead atoms. The molecule has 1 saturated heterocycles. The number of H-pyrrole nitrogens is 1. The van der Waals surface area contributed by atoms with Crippen molar-refractivity contribution in [1.82, 2.24) is 15.0 Å². The lowest BCUT2D eigenvalue weighted by molar-refractivity contribution is 0.102. The molecule has 162 valence electrons. The van der Waals surface area contributed by atoms with Crippen LogP contribution in [0.15, 0.2) is 54.6 Å². The maximum atomic E-state index is 13.1. The summed E-state index contributed by atoms with van der Waals surface area (Å²) in [6, 6.07) is 16.8. The van der Waals surface area contributed by atoms with E-state index in [-0.39, 0.29) is 5.91 Å². The molecule has 1 aliphatic heterocycles. The van der Waals surface area contributed by atoms with Gasteiger partial charge in [-0.2, -0.15) is 0 Å². The predicted molar refractivity (Wildman–Crippen MR) is 126 cm³/mol. The Labute approximate surface area is 190 Å². The third-order valence-corrected chi connectivity index (χ3v) is 5.75. The minimum absolute atomic E-state index is 0.256. The van der Waals surface area contributed by atoms with E-state index in [1.165, 1.54) is 0 Å². The lowest BCUT2D eigenvalue weighted by Crippen LogP contribution is -2.36. The largest absolute Gasteiger partial charge is 0.378 e. The second-order valence-corrected chi connectivity index (χ2v) is 8.12. The normalized spacial score (nSPS) is 14.0. The third kappa shape index (κ3) is 4.04. The number of carbonyl (C=O) groups excluding carboxylic acids is 1. The van der Waals surface area contributed by atoms with Crippen LogP contribution in [0, 0.1) is 6.92 Å². The molecule has 5 rings (SSSR count). The zero-order valence-electron chi connectivity index (χ0n) is 17.6. The number of aromatic nitrogens is 3. The first-order chi connectivity index (χ1) is 15.6. The van der Waals surface area contributed by atoms with Crippen molar-refractivity contribution in [2.75, 3.05) is 36.5 Å². The van der Waals surface area contributed by atoms with Crippen molar-refractivity contribution in [3.8, 4) is 11.4 Å². The lowest BCUT2D eigenvalue weighted by Gasteiger charge is -2.28. The number of aryl methyl sites for hydroxylation is 1. The summed E-state index contributed by atoms with van der Waals surface area (Å²) in [7, 11) is 0. The van der Waals surface area contributed by atoms with Gasteiger partial charge in [0.25, 0.3) is 5.91 Å². The SMILES string of the molecule is Cc1cc(Cl)ccc1-c1nc2c(C(=O)Nc3cccc(N4CCOCC4)n3)cccc2[nH]1. The van der Waals surface area contributed by atoms with Crippen molar-refractivity contribution >= 4 is 40.2 Å². The first-order valence-corrected chi connectivity index (χ1v) is 10.8.